The minimum atomic E-state index is -3.72. The second kappa shape index (κ2) is 7.58. The van der Waals surface area contributed by atoms with E-state index in [-0.39, 0.29) is 17.3 Å². The fourth-order valence-electron chi connectivity index (χ4n) is 2.72. The Morgan fingerprint density at radius 3 is 2.35 bits per heavy atom. The highest BCUT2D eigenvalue weighted by Gasteiger charge is 2.31. The summed E-state index contributed by atoms with van der Waals surface area (Å²) in [6.45, 7) is 1.75. The average Bonchev–Trinajstić information content (AvgIpc) is 3.17. The summed E-state index contributed by atoms with van der Waals surface area (Å²) < 4.78 is 31.4. The zero-order valence-electron chi connectivity index (χ0n) is 14.3. The Morgan fingerprint density at radius 1 is 1.00 bits per heavy atom. The molecule has 0 radical (unpaired) electrons. The highest BCUT2D eigenvalue weighted by molar-refractivity contribution is 7.91. The molecule has 26 heavy (non-hydrogen) atoms. The number of hydrogen-bond donors (Lipinski definition) is 1. The number of sulfone groups is 1. The molecule has 2 aromatic carbocycles. The van der Waals surface area contributed by atoms with Crippen LogP contribution in [-0.4, -0.2) is 20.9 Å². The summed E-state index contributed by atoms with van der Waals surface area (Å²) in [4.78, 5) is 12.7. The van der Waals surface area contributed by atoms with Crippen LogP contribution < -0.4 is 5.32 Å². The third-order valence-electron chi connectivity index (χ3n) is 4.14. The van der Waals surface area contributed by atoms with Crippen molar-refractivity contribution < 1.29 is 17.6 Å². The summed E-state index contributed by atoms with van der Waals surface area (Å²) in [6.07, 6.45) is 1.42. The molecule has 0 aliphatic heterocycles. The number of aryl methyl sites for hydroxylation is 1. The highest BCUT2D eigenvalue weighted by Crippen LogP contribution is 2.28. The Balaban J connectivity index is 1.87. The molecule has 0 fully saturated rings. The zero-order chi connectivity index (χ0) is 18.6. The number of benzene rings is 2. The average molecular weight is 369 g/mol. The van der Waals surface area contributed by atoms with E-state index in [2.05, 4.69) is 5.32 Å². The summed E-state index contributed by atoms with van der Waals surface area (Å²) in [5, 5.41) is 1.72. The third-order valence-corrected chi connectivity index (χ3v) is 6.22. The molecule has 1 aromatic heterocycles. The van der Waals surface area contributed by atoms with Gasteiger partial charge in [-0.15, -0.1) is 0 Å². The van der Waals surface area contributed by atoms with E-state index in [4.69, 9.17) is 4.42 Å². The molecule has 0 saturated carbocycles. The van der Waals surface area contributed by atoms with Crippen LogP contribution >= 0.6 is 0 Å². The highest BCUT2D eigenvalue weighted by atomic mass is 32.2. The maximum Gasteiger partial charge on any atom is 0.251 e. The van der Waals surface area contributed by atoms with Crippen LogP contribution in [0.3, 0.4) is 0 Å². The number of rotatable bonds is 6. The van der Waals surface area contributed by atoms with Crippen LogP contribution in [-0.2, 0) is 9.84 Å². The maximum absolute atomic E-state index is 13.0. The van der Waals surface area contributed by atoms with Crippen molar-refractivity contribution in [3.8, 4) is 0 Å². The summed E-state index contributed by atoms with van der Waals surface area (Å²) in [6, 6.07) is 18.5. The molecule has 3 rings (SSSR count). The topological polar surface area (TPSA) is 76.4 Å². The minimum Gasteiger partial charge on any atom is -0.468 e. The summed E-state index contributed by atoms with van der Waals surface area (Å²) in [7, 11) is -3.72. The van der Waals surface area contributed by atoms with Crippen LogP contribution in [0.5, 0.6) is 0 Å². The van der Waals surface area contributed by atoms with Crippen molar-refractivity contribution in [1.82, 2.24) is 5.32 Å². The number of carbonyl (C=O) groups is 1. The van der Waals surface area contributed by atoms with Crippen LogP contribution in [0.4, 0.5) is 0 Å². The van der Waals surface area contributed by atoms with Crippen LogP contribution in [0.15, 0.2) is 82.3 Å². The van der Waals surface area contributed by atoms with Gasteiger partial charge in [-0.05, 0) is 42.8 Å². The van der Waals surface area contributed by atoms with Gasteiger partial charge < -0.3 is 9.73 Å². The van der Waals surface area contributed by atoms with Gasteiger partial charge in [0.05, 0.1) is 11.2 Å². The van der Waals surface area contributed by atoms with Crippen molar-refractivity contribution in [2.45, 2.75) is 17.1 Å². The lowest BCUT2D eigenvalue weighted by Crippen LogP contribution is -2.32. The van der Waals surface area contributed by atoms with Crippen molar-refractivity contribution in [3.05, 3.63) is 89.9 Å². The predicted octanol–water partition coefficient (Wildman–Crippen LogP) is 3.53. The van der Waals surface area contributed by atoms with E-state index in [0.717, 1.165) is 5.56 Å². The van der Waals surface area contributed by atoms with Crippen LogP contribution in [0.1, 0.15) is 26.9 Å². The Labute approximate surface area is 152 Å². The fourth-order valence-corrected chi connectivity index (χ4v) is 4.33. The van der Waals surface area contributed by atoms with Gasteiger partial charge in [0.1, 0.15) is 11.0 Å². The molecule has 5 nitrogen and oxygen atoms in total. The molecule has 0 aliphatic carbocycles. The molecule has 3 aromatic rings. The van der Waals surface area contributed by atoms with E-state index >= 15 is 0 Å². The van der Waals surface area contributed by atoms with Crippen LogP contribution in [0.2, 0.25) is 0 Å². The molecule has 0 spiro atoms. The van der Waals surface area contributed by atoms with Crippen molar-refractivity contribution in [2.24, 2.45) is 0 Å². The van der Waals surface area contributed by atoms with Crippen molar-refractivity contribution in [3.63, 3.8) is 0 Å². The Hall–Kier alpha value is -2.86. The molecule has 0 bridgehead atoms. The van der Waals surface area contributed by atoms with Crippen molar-refractivity contribution in [1.29, 1.82) is 0 Å². The molecule has 0 aliphatic rings. The molecule has 1 amide bonds. The van der Waals surface area contributed by atoms with Gasteiger partial charge >= 0.3 is 0 Å². The summed E-state index contributed by atoms with van der Waals surface area (Å²) >= 11 is 0. The smallest absolute Gasteiger partial charge is 0.251 e. The van der Waals surface area contributed by atoms with E-state index in [0.29, 0.717) is 11.3 Å². The number of hydrogen-bond acceptors (Lipinski definition) is 4. The Morgan fingerprint density at radius 2 is 1.69 bits per heavy atom. The first-order valence-corrected chi connectivity index (χ1v) is 9.71. The normalized spacial score (nSPS) is 12.5. The molecular formula is C20H19NO4S. The first-order valence-electron chi connectivity index (χ1n) is 8.16. The van der Waals surface area contributed by atoms with Gasteiger partial charge in [0.15, 0.2) is 9.84 Å². The molecule has 1 unspecified atom stereocenters. The first-order chi connectivity index (χ1) is 12.5. The van der Waals surface area contributed by atoms with Gasteiger partial charge in [-0.25, -0.2) is 8.42 Å². The molecule has 1 N–H and O–H groups in total. The Kier molecular flexibility index (Phi) is 5.23. The van der Waals surface area contributed by atoms with Crippen molar-refractivity contribution >= 4 is 15.7 Å². The summed E-state index contributed by atoms with van der Waals surface area (Å²) in [5.41, 5.74) is 1.34. The van der Waals surface area contributed by atoms with Gasteiger partial charge in [-0.3, -0.25) is 4.79 Å². The SMILES string of the molecule is Cc1ccccc1C(=O)NCC(c1ccco1)S(=O)(=O)c1ccccc1. The van der Waals surface area contributed by atoms with Crippen LogP contribution in [0.25, 0.3) is 0 Å². The summed E-state index contributed by atoms with van der Waals surface area (Å²) in [5.74, 6) is -0.0261. The van der Waals surface area contributed by atoms with E-state index in [1.807, 2.05) is 19.1 Å². The second-order valence-corrected chi connectivity index (χ2v) is 8.02. The lowest BCUT2D eigenvalue weighted by Gasteiger charge is -2.17. The number of carbonyl (C=O) groups excluding carboxylic acids is 1. The van der Waals surface area contributed by atoms with Crippen LogP contribution in [0, 0.1) is 6.92 Å². The molecule has 1 atom stereocenters. The van der Waals surface area contributed by atoms with E-state index in [9.17, 15) is 13.2 Å². The van der Waals surface area contributed by atoms with Gasteiger partial charge in [0.2, 0.25) is 0 Å². The zero-order valence-corrected chi connectivity index (χ0v) is 15.1. The van der Waals surface area contributed by atoms with Gasteiger partial charge in [-0.1, -0.05) is 36.4 Å². The fraction of sp³-hybridized carbons (Fsp3) is 0.150. The van der Waals surface area contributed by atoms with Crippen molar-refractivity contribution in [2.75, 3.05) is 6.54 Å². The van der Waals surface area contributed by atoms with Gasteiger partial charge in [0.25, 0.3) is 5.91 Å². The van der Waals surface area contributed by atoms with E-state index in [1.54, 1.807) is 42.5 Å². The molecule has 6 heteroatoms. The predicted molar refractivity (Wildman–Crippen MR) is 98.6 cm³/mol. The standard InChI is InChI=1S/C20H19NO4S/c1-15-8-5-6-11-17(15)20(22)21-14-19(18-12-7-13-25-18)26(23,24)16-9-3-2-4-10-16/h2-13,19H,14H2,1H3,(H,21,22). The monoisotopic (exact) mass is 369 g/mol. The van der Waals surface area contributed by atoms with Gasteiger partial charge in [-0.2, -0.15) is 0 Å². The van der Waals surface area contributed by atoms with E-state index in [1.165, 1.54) is 18.4 Å². The largest absolute Gasteiger partial charge is 0.468 e. The molecule has 134 valence electrons. The number of nitrogens with one attached hydrogen (secondary N) is 1. The molecular weight excluding hydrogens is 350 g/mol. The second-order valence-electron chi connectivity index (χ2n) is 5.89. The first kappa shape index (κ1) is 17.9. The number of amides is 1. The maximum atomic E-state index is 13.0. The lowest BCUT2D eigenvalue weighted by molar-refractivity contribution is 0.0952. The minimum absolute atomic E-state index is 0.0854. The van der Waals surface area contributed by atoms with E-state index < -0.39 is 15.1 Å². The lowest BCUT2D eigenvalue weighted by atomic mass is 10.1. The number of furan rings is 1. The quantitative estimate of drug-likeness (QED) is 0.721. The molecule has 1 heterocycles. The van der Waals surface area contributed by atoms with Gasteiger partial charge in [0, 0.05) is 12.1 Å². The third kappa shape index (κ3) is 3.70. The molecule has 0 saturated heterocycles. The Bertz CT molecular complexity index is 980.